The summed E-state index contributed by atoms with van der Waals surface area (Å²) in [5.74, 6) is -0.746. The van der Waals surface area contributed by atoms with Gasteiger partial charge in [0.15, 0.2) is 5.78 Å². The third-order valence-electron chi connectivity index (χ3n) is 4.27. The molecule has 130 valence electrons. The van der Waals surface area contributed by atoms with Gasteiger partial charge in [0.05, 0.1) is 6.42 Å². The number of ketones is 1. The van der Waals surface area contributed by atoms with Gasteiger partial charge in [-0.3, -0.25) is 9.59 Å². The van der Waals surface area contributed by atoms with E-state index in [-0.39, 0.29) is 12.2 Å². The van der Waals surface area contributed by atoms with Crippen molar-refractivity contribution in [3.63, 3.8) is 0 Å². The molecule has 23 heavy (non-hydrogen) atoms. The number of unbranched alkanes of at least 4 members (excludes halogenated alkanes) is 8. The molecule has 0 unspecified atom stereocenters. The molecule has 4 heteroatoms. The zero-order valence-electron chi connectivity index (χ0n) is 14.6. The van der Waals surface area contributed by atoms with Crippen molar-refractivity contribution in [2.24, 2.45) is 7.05 Å². The quantitative estimate of drug-likeness (QED) is 0.421. The van der Waals surface area contributed by atoms with Crippen LogP contribution in [0.4, 0.5) is 0 Å². The molecular weight excluding hydrogens is 290 g/mol. The molecule has 1 N–H and O–H groups in total. The summed E-state index contributed by atoms with van der Waals surface area (Å²) in [4.78, 5) is 22.9. The van der Waals surface area contributed by atoms with Crippen molar-refractivity contribution in [2.75, 3.05) is 0 Å². The van der Waals surface area contributed by atoms with Gasteiger partial charge in [-0.25, -0.2) is 0 Å². The molecule has 1 rings (SSSR count). The van der Waals surface area contributed by atoms with Crippen LogP contribution in [0.3, 0.4) is 0 Å². The number of carboxylic acids is 1. The van der Waals surface area contributed by atoms with Crippen molar-refractivity contribution in [1.29, 1.82) is 0 Å². The van der Waals surface area contributed by atoms with Crippen molar-refractivity contribution in [2.45, 2.75) is 77.6 Å². The maximum absolute atomic E-state index is 12.1. The molecule has 0 saturated heterocycles. The number of aliphatic carboxylic acids is 1. The number of carbonyl (C=O) groups is 2. The molecule has 0 spiro atoms. The fraction of sp³-hybridized carbons (Fsp3) is 0.684. The molecule has 0 aliphatic rings. The van der Waals surface area contributed by atoms with Crippen LogP contribution in [0.2, 0.25) is 0 Å². The SMILES string of the molecule is CCCCCCCCCCCC(=O)c1cc(CC(=O)O)n(C)c1. The van der Waals surface area contributed by atoms with Crippen molar-refractivity contribution in [1.82, 2.24) is 4.57 Å². The van der Waals surface area contributed by atoms with Gasteiger partial charge in [0, 0.05) is 30.9 Å². The minimum absolute atomic E-state index is 0.0399. The first-order chi connectivity index (χ1) is 11.0. The highest BCUT2D eigenvalue weighted by atomic mass is 16.4. The van der Waals surface area contributed by atoms with Crippen LogP contribution < -0.4 is 0 Å². The topological polar surface area (TPSA) is 59.3 Å². The average molecular weight is 321 g/mol. The van der Waals surface area contributed by atoms with Crippen LogP contribution in [0, 0.1) is 0 Å². The van der Waals surface area contributed by atoms with Crippen LogP contribution in [0.1, 0.15) is 87.2 Å². The lowest BCUT2D eigenvalue weighted by Crippen LogP contribution is -2.04. The lowest BCUT2D eigenvalue weighted by molar-refractivity contribution is -0.136. The van der Waals surface area contributed by atoms with Crippen LogP contribution >= 0.6 is 0 Å². The standard InChI is InChI=1S/C19H31NO3/c1-3-4-5-6-7-8-9-10-11-12-18(21)16-13-17(14-19(22)23)20(2)15-16/h13,15H,3-12,14H2,1-2H3,(H,22,23). The number of Topliss-reactive ketones (excluding diaryl/α,β-unsaturated/α-hetero) is 1. The molecule has 0 aromatic carbocycles. The summed E-state index contributed by atoms with van der Waals surface area (Å²) in [5.41, 5.74) is 1.32. The number of hydrogen-bond donors (Lipinski definition) is 1. The first-order valence-corrected chi connectivity index (χ1v) is 8.94. The lowest BCUT2D eigenvalue weighted by Gasteiger charge is -2.01. The Hall–Kier alpha value is -1.58. The first kappa shape index (κ1) is 19.5. The summed E-state index contributed by atoms with van der Waals surface area (Å²) in [6.45, 7) is 2.23. The van der Waals surface area contributed by atoms with E-state index in [1.165, 1.54) is 44.9 Å². The van der Waals surface area contributed by atoms with Gasteiger partial charge in [0.2, 0.25) is 0 Å². The molecule has 0 fully saturated rings. The Labute approximate surface area is 139 Å². The van der Waals surface area contributed by atoms with Gasteiger partial charge in [0.25, 0.3) is 0 Å². The normalized spacial score (nSPS) is 10.9. The molecule has 4 nitrogen and oxygen atoms in total. The molecule has 0 atom stereocenters. The molecule has 1 aromatic heterocycles. The van der Waals surface area contributed by atoms with Gasteiger partial charge in [-0.1, -0.05) is 58.3 Å². The predicted octanol–water partition coefficient (Wildman–Crippen LogP) is 4.76. The monoisotopic (exact) mass is 321 g/mol. The Morgan fingerprint density at radius 2 is 1.57 bits per heavy atom. The summed E-state index contributed by atoms with van der Waals surface area (Å²) in [5, 5.41) is 8.83. The average Bonchev–Trinajstić information content (AvgIpc) is 2.86. The van der Waals surface area contributed by atoms with Crippen LogP contribution in [0.15, 0.2) is 12.3 Å². The van der Waals surface area contributed by atoms with Crippen LogP contribution in [-0.4, -0.2) is 21.4 Å². The zero-order valence-corrected chi connectivity index (χ0v) is 14.6. The summed E-state index contributed by atoms with van der Waals surface area (Å²) in [6, 6.07) is 1.71. The molecule has 0 bridgehead atoms. The Morgan fingerprint density at radius 3 is 2.13 bits per heavy atom. The molecule has 1 aromatic rings. The number of aryl methyl sites for hydroxylation is 1. The minimum Gasteiger partial charge on any atom is -0.481 e. The van der Waals surface area contributed by atoms with Gasteiger partial charge in [-0.05, 0) is 12.5 Å². The Morgan fingerprint density at radius 1 is 1.00 bits per heavy atom. The number of nitrogens with zero attached hydrogens (tertiary/aromatic N) is 1. The van der Waals surface area contributed by atoms with Gasteiger partial charge in [-0.2, -0.15) is 0 Å². The lowest BCUT2D eigenvalue weighted by atomic mass is 10.0. The van der Waals surface area contributed by atoms with E-state index < -0.39 is 5.97 Å². The van der Waals surface area contributed by atoms with Crippen LogP contribution in [0.5, 0.6) is 0 Å². The van der Waals surface area contributed by atoms with E-state index in [1.807, 2.05) is 0 Å². The number of hydrogen-bond acceptors (Lipinski definition) is 2. The number of carboxylic acid groups (broad SMARTS) is 1. The molecule has 0 aliphatic carbocycles. The minimum atomic E-state index is -0.871. The highest BCUT2D eigenvalue weighted by Gasteiger charge is 2.12. The molecule has 0 saturated carbocycles. The second-order valence-corrected chi connectivity index (χ2v) is 6.40. The summed E-state index contributed by atoms with van der Waals surface area (Å²) < 4.78 is 1.73. The van der Waals surface area contributed by atoms with Crippen molar-refractivity contribution < 1.29 is 14.7 Å². The fourth-order valence-electron chi connectivity index (χ4n) is 2.83. The van der Waals surface area contributed by atoms with Gasteiger partial charge in [0.1, 0.15) is 0 Å². The number of aromatic nitrogens is 1. The highest BCUT2D eigenvalue weighted by Crippen LogP contribution is 2.14. The van der Waals surface area contributed by atoms with E-state index in [1.54, 1.807) is 23.9 Å². The Kier molecular flexibility index (Phi) is 9.34. The third-order valence-corrected chi connectivity index (χ3v) is 4.27. The maximum atomic E-state index is 12.1. The highest BCUT2D eigenvalue weighted by molar-refractivity contribution is 5.96. The van der Waals surface area contributed by atoms with Gasteiger partial charge < -0.3 is 9.67 Å². The predicted molar refractivity (Wildman–Crippen MR) is 92.9 cm³/mol. The van der Waals surface area contributed by atoms with Gasteiger partial charge >= 0.3 is 5.97 Å². The zero-order chi connectivity index (χ0) is 17.1. The molecular formula is C19H31NO3. The molecule has 1 heterocycles. The van der Waals surface area contributed by atoms with E-state index in [9.17, 15) is 9.59 Å². The second kappa shape index (κ2) is 11.0. The summed E-state index contributed by atoms with van der Waals surface area (Å²) >= 11 is 0. The first-order valence-electron chi connectivity index (χ1n) is 8.94. The van der Waals surface area contributed by atoms with E-state index >= 15 is 0 Å². The van der Waals surface area contributed by atoms with E-state index in [2.05, 4.69) is 6.92 Å². The fourth-order valence-corrected chi connectivity index (χ4v) is 2.83. The Balaban J connectivity index is 2.18. The van der Waals surface area contributed by atoms with Crippen LogP contribution in [0.25, 0.3) is 0 Å². The van der Waals surface area contributed by atoms with E-state index in [4.69, 9.17) is 5.11 Å². The Bertz CT molecular complexity index is 491. The number of carbonyl (C=O) groups excluding carboxylic acids is 1. The molecule has 0 amide bonds. The van der Waals surface area contributed by atoms with E-state index in [0.29, 0.717) is 17.7 Å². The van der Waals surface area contributed by atoms with Crippen molar-refractivity contribution >= 4 is 11.8 Å². The summed E-state index contributed by atoms with van der Waals surface area (Å²) in [6.07, 6.45) is 13.4. The smallest absolute Gasteiger partial charge is 0.309 e. The van der Waals surface area contributed by atoms with E-state index in [0.717, 1.165) is 12.8 Å². The second-order valence-electron chi connectivity index (χ2n) is 6.40. The van der Waals surface area contributed by atoms with Gasteiger partial charge in [-0.15, -0.1) is 0 Å². The molecule has 0 radical (unpaired) electrons. The summed E-state index contributed by atoms with van der Waals surface area (Å²) in [7, 11) is 1.79. The largest absolute Gasteiger partial charge is 0.481 e. The maximum Gasteiger partial charge on any atom is 0.309 e. The molecule has 0 aliphatic heterocycles. The number of rotatable bonds is 13. The van der Waals surface area contributed by atoms with Crippen molar-refractivity contribution in [3.05, 3.63) is 23.5 Å². The van der Waals surface area contributed by atoms with Crippen LogP contribution in [-0.2, 0) is 18.3 Å². The third kappa shape index (κ3) is 8.00. The van der Waals surface area contributed by atoms with Crippen molar-refractivity contribution in [3.8, 4) is 0 Å².